The van der Waals surface area contributed by atoms with Gasteiger partial charge in [-0.25, -0.2) is 0 Å². The topological polar surface area (TPSA) is 64.2 Å². The van der Waals surface area contributed by atoms with Crippen LogP contribution >= 0.6 is 11.6 Å². The van der Waals surface area contributed by atoms with Crippen molar-refractivity contribution < 1.29 is 18.1 Å². The summed E-state index contributed by atoms with van der Waals surface area (Å²) in [5, 5.41) is 14.8. The van der Waals surface area contributed by atoms with E-state index in [9.17, 15) is 23.3 Å². The lowest BCUT2D eigenvalue weighted by Gasteiger charge is -2.35. The highest BCUT2D eigenvalue weighted by atomic mass is 35.5. The van der Waals surface area contributed by atoms with E-state index in [0.717, 1.165) is 11.8 Å². The van der Waals surface area contributed by atoms with Crippen molar-refractivity contribution in [2.75, 3.05) is 18.0 Å². The summed E-state index contributed by atoms with van der Waals surface area (Å²) in [5.74, 6) is 0. The van der Waals surface area contributed by atoms with Gasteiger partial charge in [0.05, 0.1) is 21.7 Å². The van der Waals surface area contributed by atoms with E-state index in [-0.39, 0.29) is 11.7 Å². The molecular formula is C16H16ClF3N4O2. The Kier molecular flexibility index (Phi) is 4.83. The van der Waals surface area contributed by atoms with Crippen molar-refractivity contribution in [3.63, 3.8) is 0 Å². The molecule has 1 fully saturated rings. The first-order valence-electron chi connectivity index (χ1n) is 7.98. The van der Waals surface area contributed by atoms with Crippen LogP contribution in [0.2, 0.25) is 5.02 Å². The molecule has 10 heteroatoms. The highest BCUT2D eigenvalue weighted by molar-refractivity contribution is 6.33. The number of rotatable bonds is 3. The zero-order chi connectivity index (χ0) is 19.1. The Bertz CT molecular complexity index is 806. The third-order valence-electron chi connectivity index (χ3n) is 4.50. The fraction of sp³-hybridized carbons (Fsp3) is 0.438. The van der Waals surface area contributed by atoms with Crippen molar-refractivity contribution in [3.05, 3.63) is 50.8 Å². The van der Waals surface area contributed by atoms with Crippen LogP contribution in [0, 0.1) is 17.0 Å². The third kappa shape index (κ3) is 3.62. The Balaban J connectivity index is 1.73. The molecule has 1 saturated heterocycles. The molecule has 1 aromatic heterocycles. The van der Waals surface area contributed by atoms with Crippen LogP contribution in [0.5, 0.6) is 0 Å². The Labute approximate surface area is 152 Å². The fourth-order valence-corrected chi connectivity index (χ4v) is 3.65. The van der Waals surface area contributed by atoms with Crippen molar-refractivity contribution in [1.29, 1.82) is 0 Å². The maximum absolute atomic E-state index is 12.7. The van der Waals surface area contributed by atoms with Gasteiger partial charge in [0.15, 0.2) is 5.69 Å². The minimum atomic E-state index is -4.45. The molecular weight excluding hydrogens is 373 g/mol. The molecule has 0 saturated carbocycles. The van der Waals surface area contributed by atoms with Crippen LogP contribution in [0.1, 0.15) is 30.1 Å². The largest absolute Gasteiger partial charge is 0.435 e. The molecule has 3 rings (SSSR count). The standard InChI is InChI=1S/C16H16ClF3N4O2/c1-10-8-12(24(25)26)9-13(17)15(10)22-5-2-11(3-6-22)23-7-4-14(21-23)16(18,19)20/h4,7-9,11H,2-3,5-6H2,1H3. The van der Waals surface area contributed by atoms with Crippen molar-refractivity contribution in [1.82, 2.24) is 9.78 Å². The van der Waals surface area contributed by atoms with Gasteiger partial charge in [-0.2, -0.15) is 18.3 Å². The van der Waals surface area contributed by atoms with E-state index in [1.807, 2.05) is 4.90 Å². The molecule has 1 aromatic carbocycles. The molecule has 0 radical (unpaired) electrons. The fourth-order valence-electron chi connectivity index (χ4n) is 3.27. The lowest BCUT2D eigenvalue weighted by molar-refractivity contribution is -0.384. The van der Waals surface area contributed by atoms with Gasteiger partial charge in [-0.1, -0.05) is 11.6 Å². The van der Waals surface area contributed by atoms with E-state index in [2.05, 4.69) is 5.10 Å². The molecule has 0 spiro atoms. The Morgan fingerprint density at radius 3 is 2.46 bits per heavy atom. The number of piperidine rings is 1. The second-order valence-electron chi connectivity index (χ2n) is 6.25. The van der Waals surface area contributed by atoms with Gasteiger partial charge in [0.2, 0.25) is 0 Å². The molecule has 6 nitrogen and oxygen atoms in total. The second kappa shape index (κ2) is 6.79. The van der Waals surface area contributed by atoms with Crippen molar-refractivity contribution >= 4 is 23.0 Å². The Morgan fingerprint density at radius 2 is 1.96 bits per heavy atom. The van der Waals surface area contributed by atoms with Crippen molar-refractivity contribution in [2.24, 2.45) is 0 Å². The first kappa shape index (κ1) is 18.5. The highest BCUT2D eigenvalue weighted by Crippen LogP contribution is 2.37. The number of nitrogens with zero attached hydrogens (tertiary/aromatic N) is 4. The zero-order valence-electron chi connectivity index (χ0n) is 13.8. The van der Waals surface area contributed by atoms with Crippen LogP contribution in [0.15, 0.2) is 24.4 Å². The molecule has 0 amide bonds. The smallest absolute Gasteiger partial charge is 0.370 e. The normalized spacial score (nSPS) is 16.1. The van der Waals surface area contributed by atoms with Crippen LogP contribution in [0.3, 0.4) is 0 Å². The van der Waals surface area contributed by atoms with E-state index in [4.69, 9.17) is 11.6 Å². The number of hydrogen-bond acceptors (Lipinski definition) is 4. The summed E-state index contributed by atoms with van der Waals surface area (Å²) < 4.78 is 39.4. The number of benzene rings is 1. The number of alkyl halides is 3. The number of aryl methyl sites for hydroxylation is 1. The minimum Gasteiger partial charge on any atom is -0.370 e. The monoisotopic (exact) mass is 388 g/mol. The van der Waals surface area contributed by atoms with Crippen LogP contribution in [-0.4, -0.2) is 27.8 Å². The summed E-state index contributed by atoms with van der Waals surface area (Å²) in [6, 6.07) is 3.64. The molecule has 0 unspecified atom stereocenters. The molecule has 1 aliphatic rings. The maximum Gasteiger partial charge on any atom is 0.435 e. The number of anilines is 1. The first-order chi connectivity index (χ1) is 12.2. The third-order valence-corrected chi connectivity index (χ3v) is 4.79. The van der Waals surface area contributed by atoms with E-state index >= 15 is 0 Å². The van der Waals surface area contributed by atoms with Crippen molar-refractivity contribution in [2.45, 2.75) is 32.0 Å². The van der Waals surface area contributed by atoms with Crippen molar-refractivity contribution in [3.8, 4) is 0 Å². The molecule has 2 aromatic rings. The van der Waals surface area contributed by atoms with Gasteiger partial charge in [0.1, 0.15) is 0 Å². The quantitative estimate of drug-likeness (QED) is 0.568. The van der Waals surface area contributed by atoms with E-state index in [0.29, 0.717) is 36.5 Å². The summed E-state index contributed by atoms with van der Waals surface area (Å²) in [6.45, 7) is 2.90. The maximum atomic E-state index is 12.7. The zero-order valence-corrected chi connectivity index (χ0v) is 14.6. The summed E-state index contributed by atoms with van der Waals surface area (Å²) in [5.41, 5.74) is 0.463. The molecule has 0 atom stereocenters. The average Bonchev–Trinajstić information content (AvgIpc) is 3.05. The van der Waals surface area contributed by atoms with Gasteiger partial charge < -0.3 is 4.90 Å². The Hall–Kier alpha value is -2.29. The van der Waals surface area contributed by atoms with Crippen LogP contribution in [0.4, 0.5) is 24.5 Å². The van der Waals surface area contributed by atoms with E-state index in [1.165, 1.54) is 23.0 Å². The number of hydrogen-bond donors (Lipinski definition) is 0. The summed E-state index contributed by atoms with van der Waals surface area (Å²) in [7, 11) is 0. The van der Waals surface area contributed by atoms with Gasteiger partial charge in [-0.15, -0.1) is 0 Å². The molecule has 0 aliphatic carbocycles. The molecule has 0 N–H and O–H groups in total. The lowest BCUT2D eigenvalue weighted by atomic mass is 10.0. The predicted molar refractivity (Wildman–Crippen MR) is 90.6 cm³/mol. The highest BCUT2D eigenvalue weighted by Gasteiger charge is 2.34. The van der Waals surface area contributed by atoms with Gasteiger partial charge in [-0.05, 0) is 31.4 Å². The van der Waals surface area contributed by atoms with Crippen LogP contribution < -0.4 is 4.90 Å². The number of aromatic nitrogens is 2. The number of non-ortho nitro benzene ring substituents is 1. The number of nitro groups is 1. The average molecular weight is 389 g/mol. The SMILES string of the molecule is Cc1cc([N+](=O)[O-])cc(Cl)c1N1CCC(n2ccc(C(F)(F)F)n2)CC1. The summed E-state index contributed by atoms with van der Waals surface area (Å²) in [6.07, 6.45) is -1.89. The van der Waals surface area contributed by atoms with E-state index < -0.39 is 16.8 Å². The molecule has 0 bridgehead atoms. The predicted octanol–water partition coefficient (Wildman–Crippen LogP) is 4.61. The van der Waals surface area contributed by atoms with Crippen LogP contribution in [0.25, 0.3) is 0 Å². The van der Waals surface area contributed by atoms with E-state index in [1.54, 1.807) is 6.92 Å². The van der Waals surface area contributed by atoms with Crippen LogP contribution in [-0.2, 0) is 6.18 Å². The molecule has 1 aliphatic heterocycles. The summed E-state index contributed by atoms with van der Waals surface area (Å²) >= 11 is 6.23. The lowest BCUT2D eigenvalue weighted by Crippen LogP contribution is -2.35. The number of nitro benzene ring substituents is 1. The molecule has 140 valence electrons. The number of halogens is 4. The molecule has 2 heterocycles. The van der Waals surface area contributed by atoms with Gasteiger partial charge in [-0.3, -0.25) is 14.8 Å². The van der Waals surface area contributed by atoms with Gasteiger partial charge >= 0.3 is 6.18 Å². The van der Waals surface area contributed by atoms with Gasteiger partial charge in [0, 0.05) is 31.4 Å². The second-order valence-corrected chi connectivity index (χ2v) is 6.65. The first-order valence-corrected chi connectivity index (χ1v) is 8.36. The molecule has 26 heavy (non-hydrogen) atoms. The minimum absolute atomic E-state index is 0.0673. The Morgan fingerprint density at radius 1 is 1.31 bits per heavy atom. The summed E-state index contributed by atoms with van der Waals surface area (Å²) in [4.78, 5) is 12.4. The van der Waals surface area contributed by atoms with Gasteiger partial charge in [0.25, 0.3) is 5.69 Å².